The van der Waals surface area contributed by atoms with Gasteiger partial charge in [-0.15, -0.1) is 0 Å². The Morgan fingerprint density at radius 2 is 1.15 bits per heavy atom. The lowest BCUT2D eigenvalue weighted by Crippen LogP contribution is -2.35. The molecule has 2 aliphatic carbocycles. The van der Waals surface area contributed by atoms with Crippen molar-refractivity contribution in [2.24, 2.45) is 11.8 Å². The molecule has 0 aromatic heterocycles. The maximum Gasteiger partial charge on any atom is 0.0580 e. The van der Waals surface area contributed by atoms with Gasteiger partial charge in [0.1, 0.15) is 0 Å². The first-order chi connectivity index (χ1) is 12.7. The van der Waals surface area contributed by atoms with Crippen molar-refractivity contribution in [2.45, 2.75) is 76.4 Å². The van der Waals surface area contributed by atoms with E-state index in [4.69, 9.17) is 0 Å². The molecule has 4 N–H and O–H groups in total. The van der Waals surface area contributed by atoms with Gasteiger partial charge in [-0.25, -0.2) is 0 Å². The predicted molar refractivity (Wildman–Crippen MR) is 108 cm³/mol. The SMILES string of the molecule is CN(CCCNCC1CCCCC1O)CCCNCC1CCCCC1O. The van der Waals surface area contributed by atoms with Gasteiger partial charge in [0.25, 0.3) is 0 Å². The van der Waals surface area contributed by atoms with E-state index in [1.165, 1.54) is 51.4 Å². The van der Waals surface area contributed by atoms with E-state index in [0.717, 1.165) is 52.1 Å². The third-order valence-electron chi connectivity index (χ3n) is 6.34. The summed E-state index contributed by atoms with van der Waals surface area (Å²) in [7, 11) is 2.20. The Hall–Kier alpha value is -0.200. The molecule has 2 saturated carbocycles. The zero-order valence-electron chi connectivity index (χ0n) is 17.0. The Kier molecular flexibility index (Phi) is 11.1. The molecule has 0 bridgehead atoms. The number of nitrogens with one attached hydrogen (secondary N) is 2. The number of rotatable bonds is 12. The summed E-state index contributed by atoms with van der Waals surface area (Å²) >= 11 is 0. The zero-order valence-corrected chi connectivity index (χ0v) is 17.0. The van der Waals surface area contributed by atoms with Crippen molar-refractivity contribution in [2.75, 3.05) is 46.3 Å². The van der Waals surface area contributed by atoms with Crippen LogP contribution in [0.4, 0.5) is 0 Å². The molecule has 26 heavy (non-hydrogen) atoms. The predicted octanol–water partition coefficient (Wildman–Crippen LogP) is 1.98. The van der Waals surface area contributed by atoms with Crippen LogP contribution in [0, 0.1) is 11.8 Å². The van der Waals surface area contributed by atoms with E-state index < -0.39 is 0 Å². The Morgan fingerprint density at radius 3 is 1.58 bits per heavy atom. The minimum Gasteiger partial charge on any atom is -0.393 e. The average molecular weight is 370 g/mol. The molecular weight excluding hydrogens is 326 g/mol. The van der Waals surface area contributed by atoms with E-state index in [1.54, 1.807) is 0 Å². The van der Waals surface area contributed by atoms with Gasteiger partial charge in [0, 0.05) is 13.1 Å². The van der Waals surface area contributed by atoms with E-state index in [0.29, 0.717) is 11.8 Å². The van der Waals surface area contributed by atoms with Crippen LogP contribution < -0.4 is 10.6 Å². The number of aliphatic hydroxyl groups excluding tert-OH is 2. The maximum atomic E-state index is 9.98. The van der Waals surface area contributed by atoms with E-state index in [1.807, 2.05) is 0 Å². The van der Waals surface area contributed by atoms with Crippen molar-refractivity contribution in [3.63, 3.8) is 0 Å². The highest BCUT2D eigenvalue weighted by Gasteiger charge is 2.23. The van der Waals surface area contributed by atoms with Crippen LogP contribution in [0.1, 0.15) is 64.2 Å². The molecule has 2 aliphatic rings. The van der Waals surface area contributed by atoms with Gasteiger partial charge in [-0.1, -0.05) is 25.7 Å². The second-order valence-electron chi connectivity index (χ2n) is 8.64. The van der Waals surface area contributed by atoms with Gasteiger partial charge < -0.3 is 25.7 Å². The van der Waals surface area contributed by atoms with Gasteiger partial charge in [-0.05, 0) is 83.6 Å². The summed E-state index contributed by atoms with van der Waals surface area (Å²) in [5.74, 6) is 0.936. The molecule has 0 amide bonds. The molecule has 154 valence electrons. The molecular formula is C21H43N3O2. The van der Waals surface area contributed by atoms with Crippen LogP contribution in [-0.4, -0.2) is 73.6 Å². The van der Waals surface area contributed by atoms with Crippen LogP contribution in [0.3, 0.4) is 0 Å². The fraction of sp³-hybridized carbons (Fsp3) is 1.00. The quantitative estimate of drug-likeness (QED) is 0.396. The Morgan fingerprint density at radius 1 is 0.731 bits per heavy atom. The van der Waals surface area contributed by atoms with E-state index in [9.17, 15) is 10.2 Å². The normalized spacial score (nSPS) is 30.0. The molecule has 0 radical (unpaired) electrons. The summed E-state index contributed by atoms with van der Waals surface area (Å²) < 4.78 is 0. The summed E-state index contributed by atoms with van der Waals surface area (Å²) in [4.78, 5) is 2.41. The highest BCUT2D eigenvalue weighted by Crippen LogP contribution is 2.24. The minimum absolute atomic E-state index is 0.0823. The molecule has 5 nitrogen and oxygen atoms in total. The van der Waals surface area contributed by atoms with Gasteiger partial charge in [-0.2, -0.15) is 0 Å². The summed E-state index contributed by atoms with van der Waals surface area (Å²) in [6.45, 7) is 6.30. The first kappa shape index (κ1) is 22.1. The second-order valence-corrected chi connectivity index (χ2v) is 8.64. The van der Waals surface area contributed by atoms with Crippen LogP contribution in [-0.2, 0) is 0 Å². The van der Waals surface area contributed by atoms with Crippen LogP contribution in [0.25, 0.3) is 0 Å². The van der Waals surface area contributed by atoms with Gasteiger partial charge in [-0.3, -0.25) is 0 Å². The lowest BCUT2D eigenvalue weighted by molar-refractivity contribution is 0.0696. The molecule has 0 aromatic rings. The smallest absolute Gasteiger partial charge is 0.0580 e. The molecule has 4 atom stereocenters. The lowest BCUT2D eigenvalue weighted by atomic mass is 9.86. The fourth-order valence-electron chi connectivity index (χ4n) is 4.49. The van der Waals surface area contributed by atoms with Crippen molar-refractivity contribution < 1.29 is 10.2 Å². The van der Waals surface area contributed by atoms with Gasteiger partial charge in [0.15, 0.2) is 0 Å². The van der Waals surface area contributed by atoms with Crippen molar-refractivity contribution in [3.8, 4) is 0 Å². The van der Waals surface area contributed by atoms with E-state index >= 15 is 0 Å². The van der Waals surface area contributed by atoms with Crippen molar-refractivity contribution in [1.29, 1.82) is 0 Å². The summed E-state index contributed by atoms with van der Waals surface area (Å²) in [6.07, 6.45) is 11.4. The summed E-state index contributed by atoms with van der Waals surface area (Å²) in [5, 5.41) is 27.0. The largest absolute Gasteiger partial charge is 0.393 e. The number of aliphatic hydroxyl groups is 2. The van der Waals surface area contributed by atoms with Crippen molar-refractivity contribution in [1.82, 2.24) is 15.5 Å². The molecule has 0 saturated heterocycles. The topological polar surface area (TPSA) is 67.8 Å². The molecule has 0 spiro atoms. The molecule has 2 fully saturated rings. The number of hydrogen-bond acceptors (Lipinski definition) is 5. The molecule has 0 heterocycles. The third-order valence-corrected chi connectivity index (χ3v) is 6.34. The summed E-state index contributed by atoms with van der Waals surface area (Å²) in [5.41, 5.74) is 0. The van der Waals surface area contributed by atoms with Gasteiger partial charge >= 0.3 is 0 Å². The van der Waals surface area contributed by atoms with E-state index in [2.05, 4.69) is 22.6 Å². The Labute approximate surface area is 160 Å². The van der Waals surface area contributed by atoms with Crippen LogP contribution in [0.2, 0.25) is 0 Å². The van der Waals surface area contributed by atoms with Gasteiger partial charge in [0.2, 0.25) is 0 Å². The molecule has 5 heteroatoms. The van der Waals surface area contributed by atoms with Gasteiger partial charge in [0.05, 0.1) is 12.2 Å². The molecule has 4 unspecified atom stereocenters. The highest BCUT2D eigenvalue weighted by atomic mass is 16.3. The Bertz CT molecular complexity index is 324. The van der Waals surface area contributed by atoms with Crippen LogP contribution >= 0.6 is 0 Å². The molecule has 2 rings (SSSR count). The van der Waals surface area contributed by atoms with Crippen molar-refractivity contribution in [3.05, 3.63) is 0 Å². The minimum atomic E-state index is -0.0823. The average Bonchev–Trinajstić information content (AvgIpc) is 2.64. The van der Waals surface area contributed by atoms with Crippen molar-refractivity contribution >= 4 is 0 Å². The lowest BCUT2D eigenvalue weighted by Gasteiger charge is -2.28. The number of nitrogens with zero attached hydrogens (tertiary/aromatic N) is 1. The standard InChI is InChI=1S/C21H43N3O2/c1-24(14-6-12-22-16-18-8-2-4-10-20(18)25)15-7-13-23-17-19-9-3-5-11-21(19)26/h18-23,25-26H,2-17H2,1H3. The Balaban J connectivity index is 1.38. The zero-order chi connectivity index (χ0) is 18.6. The second kappa shape index (κ2) is 13.1. The molecule has 0 aromatic carbocycles. The van der Waals surface area contributed by atoms with Crippen LogP contribution in [0.5, 0.6) is 0 Å². The summed E-state index contributed by atoms with van der Waals surface area (Å²) in [6, 6.07) is 0. The number of hydrogen-bond donors (Lipinski definition) is 4. The molecule has 0 aliphatic heterocycles. The first-order valence-corrected chi connectivity index (χ1v) is 11.1. The highest BCUT2D eigenvalue weighted by molar-refractivity contribution is 4.77. The third kappa shape index (κ3) is 8.66. The fourth-order valence-corrected chi connectivity index (χ4v) is 4.49. The maximum absolute atomic E-state index is 9.98. The first-order valence-electron chi connectivity index (χ1n) is 11.1. The van der Waals surface area contributed by atoms with E-state index in [-0.39, 0.29) is 12.2 Å². The van der Waals surface area contributed by atoms with Crippen LogP contribution in [0.15, 0.2) is 0 Å². The monoisotopic (exact) mass is 369 g/mol.